The molecule has 1 saturated carbocycles. The molecule has 0 bridgehead atoms. The van der Waals surface area contributed by atoms with Crippen molar-refractivity contribution in [2.24, 2.45) is 11.7 Å². The summed E-state index contributed by atoms with van der Waals surface area (Å²) >= 11 is 0. The molecule has 0 aliphatic heterocycles. The van der Waals surface area contributed by atoms with E-state index in [1.54, 1.807) is 31.2 Å². The van der Waals surface area contributed by atoms with Crippen molar-refractivity contribution < 1.29 is 14.7 Å². The largest absolute Gasteiger partial charge is 0.481 e. The Bertz CT molecular complexity index is 507. The summed E-state index contributed by atoms with van der Waals surface area (Å²) in [5, 5.41) is 11.5. The summed E-state index contributed by atoms with van der Waals surface area (Å²) in [6.07, 6.45) is 1.91. The zero-order valence-corrected chi connectivity index (χ0v) is 10.8. The van der Waals surface area contributed by atoms with Gasteiger partial charge in [0.25, 0.3) is 0 Å². The van der Waals surface area contributed by atoms with E-state index in [0.29, 0.717) is 11.3 Å². The van der Waals surface area contributed by atoms with Crippen LogP contribution in [0.2, 0.25) is 0 Å². The lowest BCUT2D eigenvalue weighted by molar-refractivity contribution is -0.136. The Balaban J connectivity index is 2.06. The molecule has 1 unspecified atom stereocenters. The van der Waals surface area contributed by atoms with Gasteiger partial charge in [-0.2, -0.15) is 0 Å². The van der Waals surface area contributed by atoms with E-state index in [1.807, 2.05) is 0 Å². The van der Waals surface area contributed by atoms with Gasteiger partial charge < -0.3 is 16.2 Å². The molecule has 0 radical (unpaired) electrons. The lowest BCUT2D eigenvalue weighted by atomic mass is 9.96. The number of aliphatic carboxylic acids is 1. The number of anilines is 1. The SMILES string of the molecule is CC(N)(C(=O)Nc1cccc(CC(=O)O)c1)C1CC1. The minimum atomic E-state index is -0.898. The van der Waals surface area contributed by atoms with E-state index in [9.17, 15) is 9.59 Å². The Morgan fingerprint density at radius 1 is 1.47 bits per heavy atom. The molecule has 1 aromatic rings. The molecule has 1 aliphatic rings. The summed E-state index contributed by atoms with van der Waals surface area (Å²) < 4.78 is 0. The van der Waals surface area contributed by atoms with Gasteiger partial charge in [-0.25, -0.2) is 0 Å². The second kappa shape index (κ2) is 5.01. The molecule has 0 spiro atoms. The van der Waals surface area contributed by atoms with Crippen LogP contribution in [-0.2, 0) is 16.0 Å². The summed E-state index contributed by atoms with van der Waals surface area (Å²) in [6.45, 7) is 1.74. The van der Waals surface area contributed by atoms with Crippen molar-refractivity contribution in [1.82, 2.24) is 0 Å². The molecule has 4 N–H and O–H groups in total. The molecule has 5 nitrogen and oxygen atoms in total. The first-order valence-electron chi connectivity index (χ1n) is 6.30. The van der Waals surface area contributed by atoms with Crippen LogP contribution in [0.1, 0.15) is 25.3 Å². The van der Waals surface area contributed by atoms with Crippen LogP contribution in [0.15, 0.2) is 24.3 Å². The molecule has 1 fully saturated rings. The standard InChI is InChI=1S/C14H18N2O3/c1-14(15,10-5-6-10)13(19)16-11-4-2-3-9(7-11)8-12(17)18/h2-4,7,10H,5-6,8,15H2,1H3,(H,16,19)(H,17,18). The van der Waals surface area contributed by atoms with E-state index < -0.39 is 11.5 Å². The quantitative estimate of drug-likeness (QED) is 0.747. The number of amides is 1. The fourth-order valence-corrected chi connectivity index (χ4v) is 2.07. The van der Waals surface area contributed by atoms with E-state index >= 15 is 0 Å². The second-order valence-corrected chi connectivity index (χ2v) is 5.28. The molecular weight excluding hydrogens is 244 g/mol. The lowest BCUT2D eigenvalue weighted by Gasteiger charge is -2.23. The predicted octanol–water partition coefficient (Wildman–Crippen LogP) is 1.38. The van der Waals surface area contributed by atoms with Gasteiger partial charge in [0.1, 0.15) is 0 Å². The van der Waals surface area contributed by atoms with Gasteiger partial charge in [0.05, 0.1) is 12.0 Å². The smallest absolute Gasteiger partial charge is 0.307 e. The van der Waals surface area contributed by atoms with Gasteiger partial charge >= 0.3 is 5.97 Å². The number of carboxylic acids is 1. The number of carbonyl (C=O) groups excluding carboxylic acids is 1. The van der Waals surface area contributed by atoms with Crippen molar-refractivity contribution >= 4 is 17.6 Å². The van der Waals surface area contributed by atoms with Crippen LogP contribution < -0.4 is 11.1 Å². The predicted molar refractivity (Wildman–Crippen MR) is 71.7 cm³/mol. The fourth-order valence-electron chi connectivity index (χ4n) is 2.07. The highest BCUT2D eigenvalue weighted by molar-refractivity contribution is 5.98. The third kappa shape index (κ3) is 3.32. The van der Waals surface area contributed by atoms with E-state index in [2.05, 4.69) is 5.32 Å². The molecule has 1 amide bonds. The molecule has 102 valence electrons. The Morgan fingerprint density at radius 3 is 2.74 bits per heavy atom. The van der Waals surface area contributed by atoms with Gasteiger partial charge in [0.15, 0.2) is 0 Å². The van der Waals surface area contributed by atoms with E-state index in [4.69, 9.17) is 10.8 Å². The van der Waals surface area contributed by atoms with E-state index in [0.717, 1.165) is 12.8 Å². The highest BCUT2D eigenvalue weighted by Gasteiger charge is 2.44. The van der Waals surface area contributed by atoms with Crippen LogP contribution in [0, 0.1) is 5.92 Å². The monoisotopic (exact) mass is 262 g/mol. The van der Waals surface area contributed by atoms with Crippen LogP contribution >= 0.6 is 0 Å². The van der Waals surface area contributed by atoms with Crippen molar-refractivity contribution in [2.75, 3.05) is 5.32 Å². The number of carboxylic acid groups (broad SMARTS) is 1. The van der Waals surface area contributed by atoms with E-state index in [-0.39, 0.29) is 18.2 Å². The van der Waals surface area contributed by atoms with Crippen LogP contribution in [0.25, 0.3) is 0 Å². The molecule has 0 heterocycles. The highest BCUT2D eigenvalue weighted by atomic mass is 16.4. The van der Waals surface area contributed by atoms with Gasteiger partial charge in [0, 0.05) is 5.69 Å². The van der Waals surface area contributed by atoms with Gasteiger partial charge in [-0.05, 0) is 43.4 Å². The minimum absolute atomic E-state index is 0.0633. The number of carbonyl (C=O) groups is 2. The topological polar surface area (TPSA) is 92.4 Å². The fraction of sp³-hybridized carbons (Fsp3) is 0.429. The van der Waals surface area contributed by atoms with Gasteiger partial charge in [0.2, 0.25) is 5.91 Å². The van der Waals surface area contributed by atoms with E-state index in [1.165, 1.54) is 0 Å². The first-order valence-corrected chi connectivity index (χ1v) is 6.30. The number of benzene rings is 1. The first kappa shape index (κ1) is 13.5. The Labute approximate surface area is 111 Å². The van der Waals surface area contributed by atoms with Gasteiger partial charge in [-0.15, -0.1) is 0 Å². The number of rotatable bonds is 5. The maximum absolute atomic E-state index is 12.1. The summed E-state index contributed by atoms with van der Waals surface area (Å²) in [6, 6.07) is 6.83. The van der Waals surface area contributed by atoms with Crippen LogP contribution in [0.3, 0.4) is 0 Å². The van der Waals surface area contributed by atoms with Crippen LogP contribution in [0.5, 0.6) is 0 Å². The minimum Gasteiger partial charge on any atom is -0.481 e. The number of hydrogen-bond acceptors (Lipinski definition) is 3. The number of nitrogens with one attached hydrogen (secondary N) is 1. The second-order valence-electron chi connectivity index (χ2n) is 5.28. The summed E-state index contributed by atoms with van der Waals surface area (Å²) in [5.41, 5.74) is 6.40. The highest BCUT2D eigenvalue weighted by Crippen LogP contribution is 2.38. The molecule has 1 aliphatic carbocycles. The zero-order chi connectivity index (χ0) is 14.0. The zero-order valence-electron chi connectivity index (χ0n) is 10.8. The lowest BCUT2D eigenvalue weighted by Crippen LogP contribution is -2.50. The third-order valence-electron chi connectivity index (χ3n) is 3.45. The van der Waals surface area contributed by atoms with Crippen molar-refractivity contribution in [2.45, 2.75) is 31.7 Å². The van der Waals surface area contributed by atoms with Gasteiger partial charge in [-0.1, -0.05) is 12.1 Å². The number of nitrogens with two attached hydrogens (primary N) is 1. The molecule has 5 heteroatoms. The number of hydrogen-bond donors (Lipinski definition) is 3. The normalized spacial score (nSPS) is 17.6. The average Bonchev–Trinajstić information content (AvgIpc) is 3.12. The molecule has 2 rings (SSSR count). The molecule has 0 aromatic heterocycles. The summed E-state index contributed by atoms with van der Waals surface area (Å²) in [5.74, 6) is -0.873. The van der Waals surface area contributed by atoms with Crippen molar-refractivity contribution in [3.05, 3.63) is 29.8 Å². The third-order valence-corrected chi connectivity index (χ3v) is 3.45. The Hall–Kier alpha value is -1.88. The molecule has 1 aromatic carbocycles. The van der Waals surface area contributed by atoms with Crippen molar-refractivity contribution in [3.63, 3.8) is 0 Å². The van der Waals surface area contributed by atoms with Crippen LogP contribution in [0.4, 0.5) is 5.69 Å². The Morgan fingerprint density at radius 2 is 2.16 bits per heavy atom. The average molecular weight is 262 g/mol. The van der Waals surface area contributed by atoms with Gasteiger partial charge in [-0.3, -0.25) is 9.59 Å². The molecule has 0 saturated heterocycles. The molecular formula is C14H18N2O3. The summed E-state index contributed by atoms with van der Waals surface area (Å²) in [7, 11) is 0. The molecule has 19 heavy (non-hydrogen) atoms. The van der Waals surface area contributed by atoms with Crippen molar-refractivity contribution in [1.29, 1.82) is 0 Å². The molecule has 1 atom stereocenters. The maximum atomic E-state index is 12.1. The van der Waals surface area contributed by atoms with Crippen molar-refractivity contribution in [3.8, 4) is 0 Å². The first-order chi connectivity index (χ1) is 8.89. The Kier molecular flexibility index (Phi) is 3.57. The summed E-state index contributed by atoms with van der Waals surface area (Å²) in [4.78, 5) is 22.7. The van der Waals surface area contributed by atoms with Crippen LogP contribution in [-0.4, -0.2) is 22.5 Å². The maximum Gasteiger partial charge on any atom is 0.307 e.